The summed E-state index contributed by atoms with van der Waals surface area (Å²) in [6.45, 7) is 3.62. The summed E-state index contributed by atoms with van der Waals surface area (Å²) in [6.07, 6.45) is 15.2. The van der Waals surface area contributed by atoms with Gasteiger partial charge in [-0.25, -0.2) is 0 Å². The zero-order valence-electron chi connectivity index (χ0n) is 36.8. The van der Waals surface area contributed by atoms with Crippen LogP contribution in [0.3, 0.4) is 0 Å². The molecule has 14 heteroatoms. The van der Waals surface area contributed by atoms with E-state index in [4.69, 9.17) is 28.4 Å². The van der Waals surface area contributed by atoms with Gasteiger partial charge in [0.15, 0.2) is 12.6 Å². The molecule has 0 radical (unpaired) electrons. The Bertz CT molecular complexity index is 990. The van der Waals surface area contributed by atoms with Gasteiger partial charge in [0.1, 0.15) is 54.9 Å². The molecule has 11 atom stereocenters. The van der Waals surface area contributed by atoms with Gasteiger partial charge >= 0.3 is 5.97 Å². The maximum absolute atomic E-state index is 12.7. The number of unbranched alkanes of at least 4 members (excludes halogenated alkanes) is 23. The minimum atomic E-state index is -1.70. The monoisotopic (exact) mass is 851 g/mol. The molecule has 0 aromatic carbocycles. The Hall–Kier alpha value is -1.01. The third kappa shape index (κ3) is 23.3. The number of carbonyl (C=O) groups is 1. The lowest BCUT2D eigenvalue weighted by Gasteiger charge is -2.42. The van der Waals surface area contributed by atoms with Crippen molar-refractivity contribution in [3.8, 4) is 0 Å². The third-order valence-electron chi connectivity index (χ3n) is 11.6. The number of ether oxygens (including phenoxy) is 6. The molecule has 2 fully saturated rings. The molecule has 0 amide bonds. The maximum Gasteiger partial charge on any atom is 0.306 e. The highest BCUT2D eigenvalue weighted by atomic mass is 16.7. The first-order valence-corrected chi connectivity index (χ1v) is 23.6. The standard InChI is InChI=1S/C45H86O14/c1-3-5-7-9-10-11-12-13-14-15-16-17-18-19-20-21-22-23-25-27-29-54-31-34(57-37(47)28-26-24-8-6-4-2)32-55-44-43(53)41(51)39(49)36(59-44)33-56-45-42(52)40(50)38(48)35(30-46)58-45/h34-36,38-46,48-53H,3-33H2,1-2H3. The first kappa shape index (κ1) is 54.1. The van der Waals surface area contributed by atoms with Gasteiger partial charge in [-0.05, 0) is 12.8 Å². The van der Waals surface area contributed by atoms with Gasteiger partial charge in [0, 0.05) is 13.0 Å². The lowest BCUT2D eigenvalue weighted by Crippen LogP contribution is -2.61. The molecule has 0 aliphatic carbocycles. The van der Waals surface area contributed by atoms with E-state index in [9.17, 15) is 40.5 Å². The van der Waals surface area contributed by atoms with Crippen molar-refractivity contribution in [2.75, 3.05) is 33.0 Å². The summed E-state index contributed by atoms with van der Waals surface area (Å²) in [5, 5.41) is 71.7. The quantitative estimate of drug-likeness (QED) is 0.0294. The number of aliphatic hydroxyl groups excluding tert-OH is 7. The summed E-state index contributed by atoms with van der Waals surface area (Å²) in [5.41, 5.74) is 0. The van der Waals surface area contributed by atoms with Crippen LogP contribution in [0.1, 0.15) is 181 Å². The van der Waals surface area contributed by atoms with E-state index >= 15 is 0 Å². The average molecular weight is 851 g/mol. The summed E-state index contributed by atoms with van der Waals surface area (Å²) < 4.78 is 34.0. The summed E-state index contributed by atoms with van der Waals surface area (Å²) in [7, 11) is 0. The van der Waals surface area contributed by atoms with Crippen LogP contribution in [0.5, 0.6) is 0 Å². The molecule has 7 N–H and O–H groups in total. The van der Waals surface area contributed by atoms with Gasteiger partial charge in [-0.3, -0.25) is 4.79 Å². The van der Waals surface area contributed by atoms with Crippen molar-refractivity contribution < 1.29 is 69.0 Å². The Morgan fingerprint density at radius 1 is 0.492 bits per heavy atom. The summed E-state index contributed by atoms with van der Waals surface area (Å²) in [6, 6.07) is 0. The van der Waals surface area contributed by atoms with Crippen LogP contribution in [0.2, 0.25) is 0 Å². The van der Waals surface area contributed by atoms with Crippen LogP contribution in [0.15, 0.2) is 0 Å². The van der Waals surface area contributed by atoms with Gasteiger partial charge in [-0.1, -0.05) is 162 Å². The number of rotatable bonds is 37. The SMILES string of the molecule is CCCCCCCCCCCCCCCCCCCCCCOCC(COC1OC(COC2OC(CO)C(O)C(O)C2O)C(O)C(O)C1O)OC(=O)CCCCCCC. The van der Waals surface area contributed by atoms with Crippen LogP contribution in [-0.2, 0) is 33.2 Å². The molecule has 0 bridgehead atoms. The average Bonchev–Trinajstić information content (AvgIpc) is 3.23. The fourth-order valence-corrected chi connectivity index (χ4v) is 7.70. The largest absolute Gasteiger partial charge is 0.457 e. The van der Waals surface area contributed by atoms with E-state index in [0.29, 0.717) is 13.0 Å². The predicted molar refractivity (Wildman–Crippen MR) is 224 cm³/mol. The number of carbonyl (C=O) groups excluding carboxylic acids is 1. The van der Waals surface area contributed by atoms with Gasteiger partial charge in [0.2, 0.25) is 0 Å². The molecule has 11 unspecified atom stereocenters. The van der Waals surface area contributed by atoms with E-state index < -0.39 is 80.7 Å². The zero-order chi connectivity index (χ0) is 43.1. The minimum absolute atomic E-state index is 0.0678. The maximum atomic E-state index is 12.7. The number of aliphatic hydroxyl groups is 7. The second-order valence-electron chi connectivity index (χ2n) is 16.9. The molecule has 2 saturated heterocycles. The molecule has 0 saturated carbocycles. The molecule has 2 aliphatic rings. The van der Waals surface area contributed by atoms with Crippen molar-refractivity contribution in [3.63, 3.8) is 0 Å². The van der Waals surface area contributed by atoms with E-state index in [1.165, 1.54) is 109 Å². The van der Waals surface area contributed by atoms with Crippen molar-refractivity contribution >= 4 is 5.97 Å². The van der Waals surface area contributed by atoms with Crippen LogP contribution in [0.25, 0.3) is 0 Å². The van der Waals surface area contributed by atoms with Crippen LogP contribution in [0.4, 0.5) is 0 Å². The van der Waals surface area contributed by atoms with Crippen molar-refractivity contribution in [2.24, 2.45) is 0 Å². The van der Waals surface area contributed by atoms with Crippen molar-refractivity contribution in [3.05, 3.63) is 0 Å². The molecule has 59 heavy (non-hydrogen) atoms. The van der Waals surface area contributed by atoms with E-state index in [-0.39, 0.29) is 25.6 Å². The smallest absolute Gasteiger partial charge is 0.306 e. The molecule has 2 aliphatic heterocycles. The van der Waals surface area contributed by atoms with Gasteiger partial charge in [-0.15, -0.1) is 0 Å². The Balaban J connectivity index is 1.68. The molecule has 350 valence electrons. The second kappa shape index (κ2) is 34.5. The van der Waals surface area contributed by atoms with Gasteiger partial charge in [-0.2, -0.15) is 0 Å². The molecule has 2 rings (SSSR count). The predicted octanol–water partition coefficient (Wildman–Crippen LogP) is 5.74. The van der Waals surface area contributed by atoms with Crippen LogP contribution in [0, 0.1) is 0 Å². The Labute approximate surface area is 355 Å². The van der Waals surface area contributed by atoms with E-state index in [0.717, 1.165) is 44.9 Å². The van der Waals surface area contributed by atoms with Crippen LogP contribution >= 0.6 is 0 Å². The third-order valence-corrected chi connectivity index (χ3v) is 11.6. The van der Waals surface area contributed by atoms with E-state index in [1.54, 1.807) is 0 Å². The van der Waals surface area contributed by atoms with Crippen LogP contribution in [-0.4, -0.2) is 142 Å². The van der Waals surface area contributed by atoms with E-state index in [1.807, 2.05) is 0 Å². The summed E-state index contributed by atoms with van der Waals surface area (Å²) in [5.74, 6) is -0.385. The van der Waals surface area contributed by atoms with Crippen molar-refractivity contribution in [1.82, 2.24) is 0 Å². The highest BCUT2D eigenvalue weighted by Crippen LogP contribution is 2.26. The Morgan fingerprint density at radius 3 is 1.37 bits per heavy atom. The van der Waals surface area contributed by atoms with Crippen molar-refractivity contribution in [1.29, 1.82) is 0 Å². The zero-order valence-corrected chi connectivity index (χ0v) is 36.8. The first-order chi connectivity index (χ1) is 28.6. The first-order valence-electron chi connectivity index (χ1n) is 23.6. The highest BCUT2D eigenvalue weighted by molar-refractivity contribution is 5.69. The molecule has 0 aromatic rings. The number of hydrogen-bond acceptors (Lipinski definition) is 14. The fourth-order valence-electron chi connectivity index (χ4n) is 7.70. The Morgan fingerprint density at radius 2 is 0.898 bits per heavy atom. The van der Waals surface area contributed by atoms with Crippen molar-refractivity contribution in [2.45, 2.75) is 248 Å². The summed E-state index contributed by atoms with van der Waals surface area (Å²) in [4.78, 5) is 12.7. The highest BCUT2D eigenvalue weighted by Gasteiger charge is 2.47. The van der Waals surface area contributed by atoms with Crippen LogP contribution < -0.4 is 0 Å². The minimum Gasteiger partial charge on any atom is -0.457 e. The lowest BCUT2D eigenvalue weighted by molar-refractivity contribution is -0.332. The molecule has 2 heterocycles. The summed E-state index contributed by atoms with van der Waals surface area (Å²) >= 11 is 0. The Kier molecular flexibility index (Phi) is 31.6. The molecular formula is C45H86O14. The van der Waals surface area contributed by atoms with Gasteiger partial charge in [0.05, 0.1) is 26.4 Å². The van der Waals surface area contributed by atoms with Gasteiger partial charge < -0.3 is 64.2 Å². The molecular weight excluding hydrogens is 764 g/mol. The molecule has 0 spiro atoms. The molecule has 14 nitrogen and oxygen atoms in total. The number of esters is 1. The second-order valence-corrected chi connectivity index (χ2v) is 16.9. The van der Waals surface area contributed by atoms with Gasteiger partial charge in [0.25, 0.3) is 0 Å². The number of hydrogen-bond donors (Lipinski definition) is 7. The normalized spacial score (nSPS) is 27.9. The fraction of sp³-hybridized carbons (Fsp3) is 0.978. The molecule has 0 aromatic heterocycles. The lowest BCUT2D eigenvalue weighted by atomic mass is 9.98. The topological polar surface area (TPSA) is 214 Å². The van der Waals surface area contributed by atoms with E-state index in [2.05, 4.69) is 13.8 Å².